The minimum atomic E-state index is -0.997. The van der Waals surface area contributed by atoms with Crippen LogP contribution in [0.2, 0.25) is 0 Å². The fraction of sp³-hybridized carbons (Fsp3) is 0.0556. The molecule has 0 aliphatic carbocycles. The maximum Gasteiger partial charge on any atom is 0.335 e. The molecular formula is C18H13N3O5. The summed E-state index contributed by atoms with van der Waals surface area (Å²) < 4.78 is 10.6. The first-order valence-corrected chi connectivity index (χ1v) is 7.69. The predicted molar refractivity (Wildman–Crippen MR) is 95.3 cm³/mol. The molecule has 0 radical (unpaired) electrons. The molecule has 26 heavy (non-hydrogen) atoms. The Morgan fingerprint density at radius 3 is 2.62 bits per heavy atom. The van der Waals surface area contributed by atoms with Crippen molar-refractivity contribution in [2.24, 2.45) is 5.10 Å². The Hall–Kier alpha value is -3.81. The van der Waals surface area contributed by atoms with Crippen LogP contribution in [0, 0.1) is 0 Å². The first-order valence-electron chi connectivity index (χ1n) is 7.69. The zero-order chi connectivity index (χ0) is 18.1. The van der Waals surface area contributed by atoms with Crippen LogP contribution in [-0.2, 0) is 0 Å². The van der Waals surface area contributed by atoms with E-state index in [-0.39, 0.29) is 17.9 Å². The van der Waals surface area contributed by atoms with E-state index >= 15 is 0 Å². The molecule has 0 bridgehead atoms. The number of rotatable bonds is 4. The summed E-state index contributed by atoms with van der Waals surface area (Å²) in [7, 11) is 0. The molecule has 3 N–H and O–H groups in total. The average Bonchev–Trinajstić information content (AvgIpc) is 3.08. The number of nitrogens with zero attached hydrogens (tertiary/aromatic N) is 1. The predicted octanol–water partition coefficient (Wildman–Crippen LogP) is 2.40. The Morgan fingerprint density at radius 2 is 1.88 bits per heavy atom. The summed E-state index contributed by atoms with van der Waals surface area (Å²) in [5.41, 5.74) is 4.27. The lowest BCUT2D eigenvalue weighted by Gasteiger charge is -2.03. The monoisotopic (exact) mass is 351 g/mol. The summed E-state index contributed by atoms with van der Waals surface area (Å²) in [5.74, 6) is 0.230. The number of carboxylic acids is 1. The van der Waals surface area contributed by atoms with Gasteiger partial charge in [0.05, 0.1) is 28.5 Å². The van der Waals surface area contributed by atoms with Gasteiger partial charge in [-0.2, -0.15) is 5.10 Å². The summed E-state index contributed by atoms with van der Waals surface area (Å²) >= 11 is 0. The van der Waals surface area contributed by atoms with Crippen LogP contribution < -0.4 is 20.5 Å². The molecule has 0 spiro atoms. The highest BCUT2D eigenvalue weighted by Gasteiger charge is 2.15. The van der Waals surface area contributed by atoms with Crippen molar-refractivity contribution in [3.05, 3.63) is 63.9 Å². The van der Waals surface area contributed by atoms with E-state index in [0.29, 0.717) is 28.3 Å². The maximum atomic E-state index is 12.2. The van der Waals surface area contributed by atoms with Crippen LogP contribution in [0.25, 0.3) is 10.9 Å². The van der Waals surface area contributed by atoms with Gasteiger partial charge in [-0.15, -0.1) is 0 Å². The van der Waals surface area contributed by atoms with Crippen molar-refractivity contribution in [3.8, 4) is 11.5 Å². The molecule has 0 amide bonds. The molecule has 3 aromatic rings. The molecule has 0 saturated carbocycles. The Kier molecular flexibility index (Phi) is 3.77. The number of ether oxygens (including phenoxy) is 2. The van der Waals surface area contributed by atoms with Crippen molar-refractivity contribution in [1.29, 1.82) is 0 Å². The van der Waals surface area contributed by atoms with E-state index in [1.165, 1.54) is 18.3 Å². The van der Waals surface area contributed by atoms with Crippen molar-refractivity contribution in [1.82, 2.24) is 4.98 Å². The van der Waals surface area contributed by atoms with E-state index in [1.54, 1.807) is 30.3 Å². The van der Waals surface area contributed by atoms with Gasteiger partial charge in [-0.05, 0) is 36.4 Å². The summed E-state index contributed by atoms with van der Waals surface area (Å²) in [6.07, 6.45) is 1.40. The summed E-state index contributed by atoms with van der Waals surface area (Å²) in [4.78, 5) is 25.8. The Labute approximate surface area is 146 Å². The molecule has 8 nitrogen and oxygen atoms in total. The SMILES string of the molecule is O=C(O)c1ccc(NN=Cc2cc3cc4c(cc3[nH]c2=O)OCO4)cc1. The van der Waals surface area contributed by atoms with E-state index in [2.05, 4.69) is 15.5 Å². The van der Waals surface area contributed by atoms with Crippen molar-refractivity contribution in [2.45, 2.75) is 0 Å². The molecule has 2 heterocycles. The molecule has 130 valence electrons. The van der Waals surface area contributed by atoms with Gasteiger partial charge in [0.15, 0.2) is 11.5 Å². The topological polar surface area (TPSA) is 113 Å². The fourth-order valence-electron chi connectivity index (χ4n) is 2.57. The second-order valence-corrected chi connectivity index (χ2v) is 5.60. The van der Waals surface area contributed by atoms with Crippen LogP contribution in [0.3, 0.4) is 0 Å². The highest BCUT2D eigenvalue weighted by molar-refractivity contribution is 5.90. The third-order valence-corrected chi connectivity index (χ3v) is 3.90. The van der Waals surface area contributed by atoms with Crippen molar-refractivity contribution >= 4 is 28.8 Å². The van der Waals surface area contributed by atoms with Crippen LogP contribution in [0.1, 0.15) is 15.9 Å². The molecule has 2 aromatic carbocycles. The number of nitrogens with one attached hydrogen (secondary N) is 2. The molecule has 1 aliphatic rings. The highest BCUT2D eigenvalue weighted by atomic mass is 16.7. The summed E-state index contributed by atoms with van der Waals surface area (Å²) in [6.45, 7) is 0.161. The van der Waals surface area contributed by atoms with Gasteiger partial charge in [0, 0.05) is 11.5 Å². The normalized spacial score (nSPS) is 12.6. The Bertz CT molecular complexity index is 1090. The molecule has 0 atom stereocenters. The van der Waals surface area contributed by atoms with Crippen LogP contribution in [0.4, 0.5) is 5.69 Å². The number of H-pyrrole nitrogens is 1. The lowest BCUT2D eigenvalue weighted by Crippen LogP contribution is -2.12. The molecule has 4 rings (SSSR count). The number of anilines is 1. The van der Waals surface area contributed by atoms with Gasteiger partial charge in [0.25, 0.3) is 5.56 Å². The number of aromatic carboxylic acids is 1. The first-order chi connectivity index (χ1) is 12.6. The maximum absolute atomic E-state index is 12.2. The van der Waals surface area contributed by atoms with Gasteiger partial charge >= 0.3 is 5.97 Å². The number of hydrogen-bond acceptors (Lipinski definition) is 6. The number of aromatic nitrogens is 1. The van der Waals surface area contributed by atoms with Crippen molar-refractivity contribution in [3.63, 3.8) is 0 Å². The minimum Gasteiger partial charge on any atom is -0.478 e. The quantitative estimate of drug-likeness (QED) is 0.491. The van der Waals surface area contributed by atoms with E-state index < -0.39 is 5.97 Å². The number of hydrogen-bond donors (Lipinski definition) is 3. The number of aromatic amines is 1. The Morgan fingerprint density at radius 1 is 1.15 bits per heavy atom. The van der Waals surface area contributed by atoms with E-state index in [0.717, 1.165) is 5.39 Å². The van der Waals surface area contributed by atoms with Crippen molar-refractivity contribution < 1.29 is 19.4 Å². The number of fused-ring (bicyclic) bond motifs is 2. The number of carbonyl (C=O) groups is 1. The number of benzene rings is 2. The van der Waals surface area contributed by atoms with Crippen LogP contribution >= 0.6 is 0 Å². The molecular weight excluding hydrogens is 338 g/mol. The lowest BCUT2D eigenvalue weighted by molar-refractivity contribution is 0.0697. The fourth-order valence-corrected chi connectivity index (χ4v) is 2.57. The Balaban J connectivity index is 1.57. The number of carboxylic acid groups (broad SMARTS) is 1. The van der Waals surface area contributed by atoms with E-state index in [1.807, 2.05) is 0 Å². The van der Waals surface area contributed by atoms with Gasteiger partial charge in [0.2, 0.25) is 6.79 Å². The third kappa shape index (κ3) is 2.95. The van der Waals surface area contributed by atoms with Crippen molar-refractivity contribution in [2.75, 3.05) is 12.2 Å². The first kappa shape index (κ1) is 15.7. The van der Waals surface area contributed by atoms with Crippen LogP contribution in [0.15, 0.2) is 52.4 Å². The summed E-state index contributed by atoms with van der Waals surface area (Å²) in [5, 5.41) is 13.7. The smallest absolute Gasteiger partial charge is 0.335 e. The largest absolute Gasteiger partial charge is 0.478 e. The zero-order valence-electron chi connectivity index (χ0n) is 13.4. The molecule has 1 aromatic heterocycles. The minimum absolute atomic E-state index is 0.161. The van der Waals surface area contributed by atoms with Gasteiger partial charge in [-0.25, -0.2) is 4.79 Å². The summed E-state index contributed by atoms with van der Waals surface area (Å²) in [6, 6.07) is 11.3. The molecule has 8 heteroatoms. The van der Waals surface area contributed by atoms with Crippen LogP contribution in [0.5, 0.6) is 11.5 Å². The van der Waals surface area contributed by atoms with E-state index in [4.69, 9.17) is 14.6 Å². The van der Waals surface area contributed by atoms with E-state index in [9.17, 15) is 9.59 Å². The number of pyridine rings is 1. The molecule has 0 unspecified atom stereocenters. The lowest BCUT2D eigenvalue weighted by atomic mass is 10.1. The van der Waals surface area contributed by atoms with Gasteiger partial charge in [-0.3, -0.25) is 10.2 Å². The number of hydrazone groups is 1. The standard InChI is InChI=1S/C18H13N3O5/c22-17-12(8-19-21-13-3-1-10(2-4-13)18(23)24)5-11-6-15-16(26-9-25-15)7-14(11)20-17/h1-8,21H,9H2,(H,20,22)(H,23,24). The third-order valence-electron chi connectivity index (χ3n) is 3.90. The second kappa shape index (κ2) is 6.25. The highest BCUT2D eigenvalue weighted by Crippen LogP contribution is 2.35. The molecule has 0 saturated heterocycles. The van der Waals surface area contributed by atoms with Gasteiger partial charge < -0.3 is 19.6 Å². The van der Waals surface area contributed by atoms with Gasteiger partial charge in [0.1, 0.15) is 0 Å². The van der Waals surface area contributed by atoms with Gasteiger partial charge in [-0.1, -0.05) is 0 Å². The van der Waals surface area contributed by atoms with Crippen LogP contribution in [-0.4, -0.2) is 29.1 Å². The average molecular weight is 351 g/mol. The second-order valence-electron chi connectivity index (χ2n) is 5.60. The zero-order valence-corrected chi connectivity index (χ0v) is 13.4. The molecule has 1 aliphatic heterocycles. The molecule has 0 fully saturated rings.